The van der Waals surface area contributed by atoms with Crippen LogP contribution in [-0.4, -0.2) is 10.8 Å². The smallest absolute Gasteiger partial charge is 0.132 e. The molecule has 3 rings (SSSR count). The fourth-order valence-corrected chi connectivity index (χ4v) is 3.37. The van der Waals surface area contributed by atoms with Gasteiger partial charge in [0, 0.05) is 16.7 Å². The van der Waals surface area contributed by atoms with E-state index in [1.165, 1.54) is 6.07 Å². The molecule has 3 aromatic carbocycles. The lowest BCUT2D eigenvalue weighted by Gasteiger charge is -2.28. The van der Waals surface area contributed by atoms with E-state index < -0.39 is 0 Å². The Morgan fingerprint density at radius 3 is 1.93 bits per heavy atom. The molecule has 0 saturated heterocycles. The molecule has 0 aromatic heterocycles. The summed E-state index contributed by atoms with van der Waals surface area (Å²) in [4.78, 5) is 4.78. The molecule has 30 heavy (non-hydrogen) atoms. The van der Waals surface area contributed by atoms with Gasteiger partial charge in [0.05, 0.1) is 11.4 Å². The number of phenols is 1. The van der Waals surface area contributed by atoms with Crippen LogP contribution in [-0.2, 0) is 10.8 Å². The third-order valence-corrected chi connectivity index (χ3v) is 5.17. The lowest BCUT2D eigenvalue weighted by atomic mass is 9.78. The standard InChI is InChI=1S/C27H30FNO/c1-26(2,3)18-16-21(25(30)22(17-18)27(4,5)6)24(20-14-10-11-15-23(20)28)29-19-12-8-7-9-13-19/h7-17,30H,1-6H3. The minimum atomic E-state index is -0.370. The zero-order chi connectivity index (χ0) is 22.1. The average Bonchev–Trinajstić information content (AvgIpc) is 2.66. The Morgan fingerprint density at radius 2 is 1.37 bits per heavy atom. The summed E-state index contributed by atoms with van der Waals surface area (Å²) in [6.07, 6.45) is 0. The molecule has 1 N–H and O–H groups in total. The lowest BCUT2D eigenvalue weighted by Crippen LogP contribution is -2.19. The zero-order valence-electron chi connectivity index (χ0n) is 18.6. The summed E-state index contributed by atoms with van der Waals surface area (Å²) in [5.41, 5.74) is 3.49. The number of aromatic hydroxyl groups is 1. The Kier molecular flexibility index (Phi) is 5.85. The number of nitrogens with zero attached hydrogens (tertiary/aromatic N) is 1. The van der Waals surface area contributed by atoms with Crippen molar-refractivity contribution < 1.29 is 9.50 Å². The van der Waals surface area contributed by atoms with Crippen molar-refractivity contribution in [2.24, 2.45) is 4.99 Å². The van der Waals surface area contributed by atoms with Gasteiger partial charge < -0.3 is 5.11 Å². The van der Waals surface area contributed by atoms with E-state index in [0.717, 1.165) is 11.1 Å². The first-order valence-corrected chi connectivity index (χ1v) is 10.3. The summed E-state index contributed by atoms with van der Waals surface area (Å²) < 4.78 is 14.9. The van der Waals surface area contributed by atoms with Gasteiger partial charge in [-0.1, -0.05) is 77.9 Å². The minimum absolute atomic E-state index is 0.143. The Labute approximate surface area is 179 Å². The molecule has 0 bridgehead atoms. The predicted molar refractivity (Wildman–Crippen MR) is 124 cm³/mol. The van der Waals surface area contributed by atoms with Gasteiger partial charge in [0.1, 0.15) is 11.6 Å². The van der Waals surface area contributed by atoms with Gasteiger partial charge in [-0.3, -0.25) is 0 Å². The third kappa shape index (κ3) is 4.62. The molecule has 0 fully saturated rings. The molecule has 2 nitrogen and oxygen atoms in total. The highest BCUT2D eigenvalue weighted by atomic mass is 19.1. The zero-order valence-corrected chi connectivity index (χ0v) is 18.6. The van der Waals surface area contributed by atoms with E-state index in [1.54, 1.807) is 18.2 Å². The minimum Gasteiger partial charge on any atom is -0.507 e. The molecule has 0 radical (unpaired) electrons. The Bertz CT molecular complexity index is 1070. The molecule has 3 heteroatoms. The van der Waals surface area contributed by atoms with Gasteiger partial charge >= 0.3 is 0 Å². The van der Waals surface area contributed by atoms with Crippen molar-refractivity contribution >= 4 is 11.4 Å². The predicted octanol–water partition coefficient (Wildman–Crippen LogP) is 7.30. The van der Waals surface area contributed by atoms with Gasteiger partial charge in [0.25, 0.3) is 0 Å². The molecule has 0 amide bonds. The van der Waals surface area contributed by atoms with Crippen LogP contribution in [0.2, 0.25) is 0 Å². The van der Waals surface area contributed by atoms with Gasteiger partial charge in [0.15, 0.2) is 0 Å². The van der Waals surface area contributed by atoms with Crippen LogP contribution in [0.15, 0.2) is 71.7 Å². The highest BCUT2D eigenvalue weighted by Crippen LogP contribution is 2.39. The number of hydrogen-bond donors (Lipinski definition) is 1. The van der Waals surface area contributed by atoms with Crippen molar-refractivity contribution in [1.82, 2.24) is 0 Å². The van der Waals surface area contributed by atoms with Gasteiger partial charge in [-0.2, -0.15) is 0 Å². The lowest BCUT2D eigenvalue weighted by molar-refractivity contribution is 0.443. The first-order chi connectivity index (χ1) is 14.0. The van der Waals surface area contributed by atoms with E-state index in [4.69, 9.17) is 4.99 Å². The Morgan fingerprint density at radius 1 is 0.767 bits per heavy atom. The summed E-state index contributed by atoms with van der Waals surface area (Å²) in [7, 11) is 0. The molecule has 156 valence electrons. The second-order valence-corrected chi connectivity index (χ2v) is 9.70. The summed E-state index contributed by atoms with van der Waals surface area (Å²) >= 11 is 0. The number of halogens is 1. The van der Waals surface area contributed by atoms with Gasteiger partial charge in [-0.25, -0.2) is 9.38 Å². The molecular weight excluding hydrogens is 373 g/mol. The van der Waals surface area contributed by atoms with Crippen LogP contribution in [0.5, 0.6) is 5.75 Å². The van der Waals surface area contributed by atoms with Crippen molar-refractivity contribution in [2.45, 2.75) is 52.4 Å². The van der Waals surface area contributed by atoms with E-state index >= 15 is 0 Å². The Hall–Kier alpha value is -2.94. The van der Waals surface area contributed by atoms with Crippen LogP contribution in [0.3, 0.4) is 0 Å². The fraction of sp³-hybridized carbons (Fsp3) is 0.296. The van der Waals surface area contributed by atoms with E-state index in [1.807, 2.05) is 36.4 Å². The number of benzene rings is 3. The van der Waals surface area contributed by atoms with Gasteiger partial charge in [-0.15, -0.1) is 0 Å². The van der Waals surface area contributed by atoms with Crippen LogP contribution in [0.1, 0.15) is 63.8 Å². The molecule has 0 aliphatic carbocycles. The quantitative estimate of drug-likeness (QED) is 0.457. The van der Waals surface area contributed by atoms with Crippen LogP contribution in [0, 0.1) is 5.82 Å². The van der Waals surface area contributed by atoms with Crippen molar-refractivity contribution in [3.05, 3.63) is 94.8 Å². The monoisotopic (exact) mass is 403 g/mol. The molecule has 0 aliphatic heterocycles. The summed E-state index contributed by atoms with van der Waals surface area (Å²) in [5, 5.41) is 11.3. The number of para-hydroxylation sites is 1. The fourth-order valence-electron chi connectivity index (χ4n) is 3.37. The van der Waals surface area contributed by atoms with Crippen LogP contribution >= 0.6 is 0 Å². The molecule has 0 unspecified atom stereocenters. The van der Waals surface area contributed by atoms with Gasteiger partial charge in [0.2, 0.25) is 0 Å². The van der Waals surface area contributed by atoms with Crippen LogP contribution < -0.4 is 0 Å². The number of hydrogen-bond acceptors (Lipinski definition) is 2. The molecule has 0 saturated carbocycles. The van der Waals surface area contributed by atoms with Gasteiger partial charge in [-0.05, 0) is 46.7 Å². The maximum atomic E-state index is 14.9. The van der Waals surface area contributed by atoms with Crippen LogP contribution in [0.4, 0.5) is 10.1 Å². The second kappa shape index (κ2) is 8.06. The van der Waals surface area contributed by atoms with Crippen molar-refractivity contribution in [2.75, 3.05) is 0 Å². The summed E-state index contributed by atoms with van der Waals surface area (Å²) in [6.45, 7) is 12.6. The first-order valence-electron chi connectivity index (χ1n) is 10.3. The molecule has 3 aromatic rings. The summed E-state index contributed by atoms with van der Waals surface area (Å²) in [6, 6.07) is 20.0. The topological polar surface area (TPSA) is 32.6 Å². The van der Waals surface area contributed by atoms with Crippen molar-refractivity contribution in [3.8, 4) is 5.75 Å². The van der Waals surface area contributed by atoms with E-state index in [-0.39, 0.29) is 22.4 Å². The van der Waals surface area contributed by atoms with Crippen molar-refractivity contribution in [3.63, 3.8) is 0 Å². The molecule has 0 heterocycles. The first kappa shape index (κ1) is 21.8. The average molecular weight is 404 g/mol. The van der Waals surface area contributed by atoms with E-state index in [9.17, 15) is 9.50 Å². The maximum absolute atomic E-state index is 14.9. The summed E-state index contributed by atoms with van der Waals surface area (Å²) in [5.74, 6) is -0.224. The Balaban J connectivity index is 2.39. The highest BCUT2D eigenvalue weighted by Gasteiger charge is 2.27. The largest absolute Gasteiger partial charge is 0.507 e. The normalized spacial score (nSPS) is 12.8. The van der Waals surface area contributed by atoms with E-state index in [2.05, 4.69) is 47.6 Å². The molecular formula is C27H30FNO. The SMILES string of the molecule is CC(C)(C)c1cc(C(=Nc2ccccc2)c2ccccc2F)c(O)c(C(C)(C)C)c1. The molecule has 0 atom stereocenters. The van der Waals surface area contributed by atoms with Crippen LogP contribution in [0.25, 0.3) is 0 Å². The molecule has 0 spiro atoms. The maximum Gasteiger partial charge on any atom is 0.132 e. The number of aliphatic imine (C=N–C) groups is 1. The van der Waals surface area contributed by atoms with E-state index in [0.29, 0.717) is 22.5 Å². The number of rotatable bonds is 3. The highest BCUT2D eigenvalue weighted by molar-refractivity contribution is 6.16. The second-order valence-electron chi connectivity index (χ2n) is 9.70. The number of phenolic OH excluding ortho intramolecular Hbond substituents is 1. The molecule has 0 aliphatic rings. The third-order valence-electron chi connectivity index (χ3n) is 5.17. The van der Waals surface area contributed by atoms with Crippen molar-refractivity contribution in [1.29, 1.82) is 0 Å².